The van der Waals surface area contributed by atoms with Crippen LogP contribution in [0.4, 0.5) is 5.69 Å². The summed E-state index contributed by atoms with van der Waals surface area (Å²) in [7, 11) is 0. The number of halogens is 2. The molecule has 31 heavy (non-hydrogen) atoms. The number of carbonyl (C=O) groups is 1. The van der Waals surface area contributed by atoms with Crippen molar-refractivity contribution in [2.75, 3.05) is 18.7 Å². The predicted octanol–water partition coefficient (Wildman–Crippen LogP) is 4.44. The molecule has 3 aromatic rings. The molecule has 0 aliphatic carbocycles. The van der Waals surface area contributed by atoms with Gasteiger partial charge in [0.05, 0.1) is 12.3 Å². The highest BCUT2D eigenvalue weighted by molar-refractivity contribution is 6.54. The summed E-state index contributed by atoms with van der Waals surface area (Å²) in [5, 5.41) is 7.15. The molecule has 1 aliphatic rings. The number of rotatable bonds is 7. The Morgan fingerprint density at radius 1 is 1.16 bits per heavy atom. The van der Waals surface area contributed by atoms with Crippen LogP contribution in [0.1, 0.15) is 13.8 Å². The Balaban J connectivity index is 1.68. The number of amides is 1. The number of nitrogens with zero attached hydrogens (tertiary/aromatic N) is 3. The van der Waals surface area contributed by atoms with E-state index in [1.807, 2.05) is 18.2 Å². The quantitative estimate of drug-likeness (QED) is 0.522. The van der Waals surface area contributed by atoms with Crippen LogP contribution < -0.4 is 19.5 Å². The molecule has 4 rings (SSSR count). The molecule has 0 saturated carbocycles. The van der Waals surface area contributed by atoms with Gasteiger partial charge in [0.25, 0.3) is 5.91 Å². The summed E-state index contributed by atoms with van der Waals surface area (Å²) in [5.74, 6) is 1.74. The lowest BCUT2D eigenvalue weighted by atomic mass is 10.2. The molecule has 0 fully saturated rings. The highest BCUT2D eigenvalue weighted by Crippen LogP contribution is 2.36. The van der Waals surface area contributed by atoms with E-state index in [9.17, 15) is 4.79 Å². The summed E-state index contributed by atoms with van der Waals surface area (Å²) in [6.45, 7) is 4.78. The largest absolute Gasteiger partial charge is 0.462 e. The molecule has 0 atom stereocenters. The standard InChI is InChI=1S/C21H20Cl2N4O4/c1-12(2)10-29-21-25-19(13-3-8-16-17(9-13)31-11-30-16)27(26-21)15-6-4-14(5-7-15)24-20(28)18(22)23/h3-9,12,18H,10-11H2,1-2H3,(H,24,28). The van der Waals surface area contributed by atoms with E-state index in [1.54, 1.807) is 28.9 Å². The lowest BCUT2D eigenvalue weighted by molar-refractivity contribution is -0.114. The summed E-state index contributed by atoms with van der Waals surface area (Å²) >= 11 is 11.2. The molecule has 0 radical (unpaired) electrons. The van der Waals surface area contributed by atoms with E-state index >= 15 is 0 Å². The van der Waals surface area contributed by atoms with Crippen molar-refractivity contribution >= 4 is 34.8 Å². The number of ether oxygens (including phenoxy) is 3. The van der Waals surface area contributed by atoms with Crippen molar-refractivity contribution in [1.29, 1.82) is 0 Å². The second kappa shape index (κ2) is 9.03. The van der Waals surface area contributed by atoms with Crippen molar-refractivity contribution in [3.05, 3.63) is 42.5 Å². The van der Waals surface area contributed by atoms with E-state index < -0.39 is 10.7 Å². The zero-order chi connectivity index (χ0) is 22.0. The Bertz CT molecular complexity index is 1080. The van der Waals surface area contributed by atoms with Gasteiger partial charge >= 0.3 is 6.01 Å². The van der Waals surface area contributed by atoms with Gasteiger partial charge in [0.15, 0.2) is 22.2 Å². The normalized spacial score (nSPS) is 12.5. The van der Waals surface area contributed by atoms with Crippen molar-refractivity contribution in [1.82, 2.24) is 14.8 Å². The smallest absolute Gasteiger partial charge is 0.336 e. The van der Waals surface area contributed by atoms with Gasteiger partial charge in [-0.3, -0.25) is 4.79 Å². The fourth-order valence-electron chi connectivity index (χ4n) is 2.88. The zero-order valence-electron chi connectivity index (χ0n) is 16.8. The van der Waals surface area contributed by atoms with Gasteiger partial charge in [-0.15, -0.1) is 5.10 Å². The van der Waals surface area contributed by atoms with E-state index in [-0.39, 0.29) is 12.8 Å². The van der Waals surface area contributed by atoms with Crippen molar-refractivity contribution in [3.63, 3.8) is 0 Å². The van der Waals surface area contributed by atoms with Crippen LogP contribution in [0.25, 0.3) is 17.1 Å². The maximum absolute atomic E-state index is 11.7. The minimum atomic E-state index is -1.15. The van der Waals surface area contributed by atoms with Crippen LogP contribution in [0.3, 0.4) is 0 Å². The molecule has 0 bridgehead atoms. The molecule has 2 aromatic carbocycles. The molecule has 0 spiro atoms. The highest BCUT2D eigenvalue weighted by Gasteiger charge is 2.20. The van der Waals surface area contributed by atoms with Gasteiger partial charge in [-0.25, -0.2) is 4.68 Å². The maximum Gasteiger partial charge on any atom is 0.336 e. The molecular formula is C21H20Cl2N4O4. The summed E-state index contributed by atoms with van der Waals surface area (Å²) in [6.07, 6.45) is 0. The summed E-state index contributed by atoms with van der Waals surface area (Å²) in [5.41, 5.74) is 2.08. The van der Waals surface area contributed by atoms with E-state index in [2.05, 4.69) is 29.2 Å². The third-order valence-electron chi connectivity index (χ3n) is 4.34. The number of aromatic nitrogens is 3. The monoisotopic (exact) mass is 462 g/mol. The van der Waals surface area contributed by atoms with Crippen molar-refractivity contribution in [2.24, 2.45) is 5.92 Å². The molecular weight excluding hydrogens is 443 g/mol. The number of anilines is 1. The van der Waals surface area contributed by atoms with E-state index in [1.165, 1.54) is 0 Å². The Morgan fingerprint density at radius 3 is 2.61 bits per heavy atom. The molecule has 1 amide bonds. The van der Waals surface area contributed by atoms with Gasteiger partial charge in [0, 0.05) is 11.3 Å². The Kier molecular flexibility index (Phi) is 6.20. The zero-order valence-corrected chi connectivity index (χ0v) is 18.4. The Morgan fingerprint density at radius 2 is 1.90 bits per heavy atom. The van der Waals surface area contributed by atoms with Crippen LogP contribution in [0.2, 0.25) is 0 Å². The summed E-state index contributed by atoms with van der Waals surface area (Å²) in [6, 6.07) is 12.9. The van der Waals surface area contributed by atoms with Crippen LogP contribution in [-0.4, -0.2) is 38.9 Å². The number of alkyl halides is 2. The minimum absolute atomic E-state index is 0.187. The fourth-order valence-corrected chi connectivity index (χ4v) is 2.99. The fraction of sp³-hybridized carbons (Fsp3) is 0.286. The van der Waals surface area contributed by atoms with E-state index in [0.29, 0.717) is 35.5 Å². The molecule has 1 aromatic heterocycles. The van der Waals surface area contributed by atoms with Crippen LogP contribution in [0, 0.1) is 5.92 Å². The van der Waals surface area contributed by atoms with Gasteiger partial charge in [0.2, 0.25) is 6.79 Å². The average Bonchev–Trinajstić information content (AvgIpc) is 3.39. The highest BCUT2D eigenvalue weighted by atomic mass is 35.5. The summed E-state index contributed by atoms with van der Waals surface area (Å²) in [4.78, 5) is 15.1. The number of carbonyl (C=O) groups excluding carboxylic acids is 1. The number of hydrogen-bond donors (Lipinski definition) is 1. The second-order valence-electron chi connectivity index (χ2n) is 7.24. The predicted molar refractivity (Wildman–Crippen MR) is 117 cm³/mol. The molecule has 1 aliphatic heterocycles. The van der Waals surface area contributed by atoms with Gasteiger partial charge in [-0.05, 0) is 48.4 Å². The lowest BCUT2D eigenvalue weighted by Crippen LogP contribution is -2.18. The first-order chi connectivity index (χ1) is 14.9. The third kappa shape index (κ3) is 4.86. The van der Waals surface area contributed by atoms with Gasteiger partial charge in [-0.2, -0.15) is 4.98 Å². The topological polar surface area (TPSA) is 87.5 Å². The molecule has 162 valence electrons. The molecule has 0 unspecified atom stereocenters. The molecule has 8 nitrogen and oxygen atoms in total. The van der Waals surface area contributed by atoms with Crippen LogP contribution in [0.15, 0.2) is 42.5 Å². The second-order valence-corrected chi connectivity index (χ2v) is 8.34. The van der Waals surface area contributed by atoms with Gasteiger partial charge < -0.3 is 19.5 Å². The lowest BCUT2D eigenvalue weighted by Gasteiger charge is -2.09. The van der Waals surface area contributed by atoms with Crippen molar-refractivity contribution in [3.8, 4) is 34.6 Å². The SMILES string of the molecule is CC(C)COc1nc(-c2ccc3c(c2)OCO3)n(-c2ccc(NC(=O)C(Cl)Cl)cc2)n1. The first-order valence-corrected chi connectivity index (χ1v) is 10.5. The number of benzene rings is 2. The van der Waals surface area contributed by atoms with Crippen molar-refractivity contribution in [2.45, 2.75) is 18.7 Å². The first-order valence-electron chi connectivity index (χ1n) is 9.60. The number of fused-ring (bicyclic) bond motifs is 1. The van der Waals surface area contributed by atoms with Crippen LogP contribution in [0.5, 0.6) is 17.5 Å². The number of nitrogens with one attached hydrogen (secondary N) is 1. The first kappa shape index (κ1) is 21.3. The van der Waals surface area contributed by atoms with Gasteiger partial charge in [0.1, 0.15) is 0 Å². The average molecular weight is 463 g/mol. The third-order valence-corrected chi connectivity index (χ3v) is 4.74. The Labute approximate surface area is 189 Å². The molecule has 2 heterocycles. The molecule has 0 saturated heterocycles. The van der Waals surface area contributed by atoms with Crippen molar-refractivity contribution < 1.29 is 19.0 Å². The minimum Gasteiger partial charge on any atom is -0.462 e. The van der Waals surface area contributed by atoms with Crippen LogP contribution in [-0.2, 0) is 4.79 Å². The maximum atomic E-state index is 11.7. The van der Waals surface area contributed by atoms with Gasteiger partial charge in [-0.1, -0.05) is 37.0 Å². The Hall–Kier alpha value is -2.97. The van der Waals surface area contributed by atoms with E-state index in [0.717, 1.165) is 11.3 Å². The number of hydrogen-bond acceptors (Lipinski definition) is 6. The molecule has 1 N–H and O–H groups in total. The van der Waals surface area contributed by atoms with E-state index in [4.69, 9.17) is 37.4 Å². The van der Waals surface area contributed by atoms with Crippen LogP contribution >= 0.6 is 23.2 Å². The molecule has 10 heteroatoms. The summed E-state index contributed by atoms with van der Waals surface area (Å²) < 4.78 is 18.3.